The Morgan fingerprint density at radius 3 is 2.53 bits per heavy atom. The maximum Gasteiger partial charge on any atom is 0.130 e. The molecule has 0 unspecified atom stereocenters. The predicted octanol–water partition coefficient (Wildman–Crippen LogP) is 5.50. The van der Waals surface area contributed by atoms with Gasteiger partial charge in [0.15, 0.2) is 0 Å². The average Bonchev–Trinajstić information content (AvgIpc) is 2.29. The van der Waals surface area contributed by atoms with Gasteiger partial charge in [-0.05, 0) is 36.8 Å². The molecular formula is C12H8Cl3NS. The Bertz CT molecular complexity index is 557. The van der Waals surface area contributed by atoms with Crippen LogP contribution in [0.5, 0.6) is 0 Å². The normalized spacial score (nSPS) is 10.6. The van der Waals surface area contributed by atoms with Gasteiger partial charge in [-0.2, -0.15) is 0 Å². The van der Waals surface area contributed by atoms with Gasteiger partial charge in [0.05, 0.1) is 10.0 Å². The van der Waals surface area contributed by atoms with Crippen LogP contribution < -0.4 is 0 Å². The van der Waals surface area contributed by atoms with E-state index in [2.05, 4.69) is 4.98 Å². The van der Waals surface area contributed by atoms with Crippen LogP contribution in [0, 0.1) is 6.92 Å². The molecule has 0 amide bonds. The lowest BCUT2D eigenvalue weighted by Gasteiger charge is -2.06. The molecule has 1 nitrogen and oxygen atoms in total. The van der Waals surface area contributed by atoms with Gasteiger partial charge in [-0.3, -0.25) is 0 Å². The van der Waals surface area contributed by atoms with E-state index in [0.717, 1.165) is 15.4 Å². The summed E-state index contributed by atoms with van der Waals surface area (Å²) in [7, 11) is 0. The van der Waals surface area contributed by atoms with Crippen molar-refractivity contribution in [3.8, 4) is 0 Å². The van der Waals surface area contributed by atoms with Crippen LogP contribution in [-0.2, 0) is 0 Å². The van der Waals surface area contributed by atoms with Gasteiger partial charge >= 0.3 is 0 Å². The fourth-order valence-electron chi connectivity index (χ4n) is 1.26. The topological polar surface area (TPSA) is 12.9 Å². The summed E-state index contributed by atoms with van der Waals surface area (Å²) in [6.07, 6.45) is 1.75. The number of pyridine rings is 1. The third kappa shape index (κ3) is 3.29. The Hall–Kier alpha value is -0.410. The fourth-order valence-corrected chi connectivity index (χ4v) is 2.80. The fraction of sp³-hybridized carbons (Fsp3) is 0.0833. The predicted molar refractivity (Wildman–Crippen MR) is 74.6 cm³/mol. The molecule has 2 aromatic rings. The number of aromatic nitrogens is 1. The molecule has 0 aliphatic rings. The van der Waals surface area contributed by atoms with Crippen LogP contribution in [0.4, 0.5) is 0 Å². The molecule has 2 rings (SSSR count). The van der Waals surface area contributed by atoms with Crippen molar-refractivity contribution in [1.82, 2.24) is 4.98 Å². The first-order valence-electron chi connectivity index (χ1n) is 4.81. The molecule has 1 heterocycles. The quantitative estimate of drug-likeness (QED) is 0.679. The lowest BCUT2D eigenvalue weighted by atomic mass is 10.3. The Morgan fingerprint density at radius 2 is 1.82 bits per heavy atom. The van der Waals surface area contributed by atoms with Crippen LogP contribution in [-0.4, -0.2) is 4.98 Å². The smallest absolute Gasteiger partial charge is 0.130 e. The van der Waals surface area contributed by atoms with E-state index in [9.17, 15) is 0 Å². The molecule has 0 N–H and O–H groups in total. The van der Waals surface area contributed by atoms with E-state index in [-0.39, 0.29) is 0 Å². The summed E-state index contributed by atoms with van der Waals surface area (Å²) in [6, 6.07) is 7.38. The first kappa shape index (κ1) is 13.0. The van der Waals surface area contributed by atoms with Gasteiger partial charge in [-0.25, -0.2) is 4.98 Å². The van der Waals surface area contributed by atoms with Crippen LogP contribution in [0.3, 0.4) is 0 Å². The molecule has 0 fully saturated rings. The van der Waals surface area contributed by atoms with E-state index in [1.54, 1.807) is 24.0 Å². The lowest BCUT2D eigenvalue weighted by molar-refractivity contribution is 1.18. The highest BCUT2D eigenvalue weighted by molar-refractivity contribution is 7.99. The van der Waals surface area contributed by atoms with Gasteiger partial charge in [-0.1, -0.05) is 46.6 Å². The molecule has 1 aromatic heterocycles. The van der Waals surface area contributed by atoms with Crippen molar-refractivity contribution in [2.45, 2.75) is 16.7 Å². The maximum absolute atomic E-state index is 5.97. The Labute approximate surface area is 119 Å². The summed E-state index contributed by atoms with van der Waals surface area (Å²) in [5, 5.41) is 1.59. The van der Waals surface area contributed by atoms with Crippen LogP contribution in [0.15, 0.2) is 40.3 Å². The van der Waals surface area contributed by atoms with E-state index in [0.29, 0.717) is 15.2 Å². The number of halogens is 3. The van der Waals surface area contributed by atoms with E-state index >= 15 is 0 Å². The SMILES string of the molecule is Cc1cnc(Cl)cc1Sc1ccc(Cl)c(Cl)c1. The van der Waals surface area contributed by atoms with E-state index in [4.69, 9.17) is 34.8 Å². The van der Waals surface area contributed by atoms with Gasteiger partial charge in [0.2, 0.25) is 0 Å². The zero-order valence-corrected chi connectivity index (χ0v) is 12.0. The third-order valence-electron chi connectivity index (χ3n) is 2.14. The van der Waals surface area contributed by atoms with Crippen LogP contribution in [0.25, 0.3) is 0 Å². The largest absolute Gasteiger partial charge is 0.244 e. The first-order valence-corrected chi connectivity index (χ1v) is 6.76. The second-order valence-electron chi connectivity index (χ2n) is 3.45. The number of hydrogen-bond acceptors (Lipinski definition) is 2. The molecule has 0 saturated carbocycles. The monoisotopic (exact) mass is 303 g/mol. The summed E-state index contributed by atoms with van der Waals surface area (Å²) in [5.74, 6) is 0. The molecule has 0 aliphatic carbocycles. The number of aryl methyl sites for hydroxylation is 1. The van der Waals surface area contributed by atoms with Crippen molar-refractivity contribution < 1.29 is 0 Å². The van der Waals surface area contributed by atoms with Crippen molar-refractivity contribution in [3.63, 3.8) is 0 Å². The minimum Gasteiger partial charge on any atom is -0.244 e. The van der Waals surface area contributed by atoms with Gasteiger partial charge in [0.25, 0.3) is 0 Å². The number of nitrogens with zero attached hydrogens (tertiary/aromatic N) is 1. The van der Waals surface area contributed by atoms with E-state index in [1.165, 1.54) is 0 Å². The second kappa shape index (κ2) is 5.49. The third-order valence-corrected chi connectivity index (χ3v) is 4.23. The van der Waals surface area contributed by atoms with Crippen molar-refractivity contribution >= 4 is 46.6 Å². The molecule has 0 spiro atoms. The summed E-state index contributed by atoms with van der Waals surface area (Å²) in [5.41, 5.74) is 1.07. The zero-order valence-electron chi connectivity index (χ0n) is 8.88. The molecule has 88 valence electrons. The lowest BCUT2D eigenvalue weighted by Crippen LogP contribution is -1.83. The van der Waals surface area contributed by atoms with Gasteiger partial charge < -0.3 is 0 Å². The summed E-state index contributed by atoms with van der Waals surface area (Å²) >= 11 is 19.3. The second-order valence-corrected chi connectivity index (χ2v) is 5.77. The first-order chi connectivity index (χ1) is 8.06. The van der Waals surface area contributed by atoms with Crippen molar-refractivity contribution in [1.29, 1.82) is 0 Å². The molecule has 0 aliphatic heterocycles. The highest BCUT2D eigenvalue weighted by Gasteiger charge is 2.05. The summed E-state index contributed by atoms with van der Waals surface area (Å²) in [4.78, 5) is 6.09. The molecule has 0 bridgehead atoms. The van der Waals surface area contributed by atoms with Crippen molar-refractivity contribution in [2.75, 3.05) is 0 Å². The number of rotatable bonds is 2. The van der Waals surface area contributed by atoms with Crippen LogP contribution >= 0.6 is 46.6 Å². The molecule has 0 radical (unpaired) electrons. The van der Waals surface area contributed by atoms with E-state index < -0.39 is 0 Å². The molecule has 0 atom stereocenters. The van der Waals surface area contributed by atoms with Crippen molar-refractivity contribution in [3.05, 3.63) is 51.2 Å². The molecule has 0 saturated heterocycles. The Morgan fingerprint density at radius 1 is 1.06 bits per heavy atom. The number of benzene rings is 1. The van der Waals surface area contributed by atoms with Gasteiger partial charge in [0.1, 0.15) is 5.15 Å². The maximum atomic E-state index is 5.97. The zero-order chi connectivity index (χ0) is 12.4. The van der Waals surface area contributed by atoms with Gasteiger partial charge in [0, 0.05) is 16.0 Å². The Balaban J connectivity index is 2.31. The highest BCUT2D eigenvalue weighted by Crippen LogP contribution is 2.34. The molecular weight excluding hydrogens is 297 g/mol. The van der Waals surface area contributed by atoms with Crippen LogP contribution in [0.2, 0.25) is 15.2 Å². The van der Waals surface area contributed by atoms with Crippen LogP contribution in [0.1, 0.15) is 5.56 Å². The molecule has 1 aromatic carbocycles. The highest BCUT2D eigenvalue weighted by atomic mass is 35.5. The average molecular weight is 305 g/mol. The molecule has 17 heavy (non-hydrogen) atoms. The summed E-state index contributed by atoms with van der Waals surface area (Å²) in [6.45, 7) is 1.99. The summed E-state index contributed by atoms with van der Waals surface area (Å²) < 4.78 is 0. The van der Waals surface area contributed by atoms with Gasteiger partial charge in [-0.15, -0.1) is 0 Å². The van der Waals surface area contributed by atoms with Crippen molar-refractivity contribution in [2.24, 2.45) is 0 Å². The minimum absolute atomic E-state index is 0.484. The molecule has 5 heteroatoms. The number of hydrogen-bond donors (Lipinski definition) is 0. The van der Waals surface area contributed by atoms with E-state index in [1.807, 2.05) is 25.1 Å². The standard InChI is InChI=1S/C12H8Cl3NS/c1-7-6-16-12(15)5-11(7)17-8-2-3-9(13)10(14)4-8/h2-6H,1H3. The minimum atomic E-state index is 0.484. The Kier molecular flexibility index (Phi) is 4.21.